The molecule has 0 amide bonds. The molecule has 0 spiro atoms. The third-order valence-electron chi connectivity index (χ3n) is 4.33. The highest BCUT2D eigenvalue weighted by atomic mass is 16.7. The molecule has 7 heteroatoms. The number of aromatic nitrogens is 1. The highest BCUT2D eigenvalue weighted by Crippen LogP contribution is 2.22. The maximum atomic E-state index is 12.7. The molecule has 0 aliphatic carbocycles. The summed E-state index contributed by atoms with van der Waals surface area (Å²) in [4.78, 5) is 23.5. The fourth-order valence-corrected chi connectivity index (χ4v) is 3.13. The molecule has 1 heterocycles. The summed E-state index contributed by atoms with van der Waals surface area (Å²) >= 11 is 0. The molecule has 2 aromatic carbocycles. The summed E-state index contributed by atoms with van der Waals surface area (Å²) in [5, 5.41) is 21.6. The van der Waals surface area contributed by atoms with Crippen LogP contribution in [0.5, 0.6) is 5.75 Å². The molecule has 0 fully saturated rings. The lowest BCUT2D eigenvalue weighted by Crippen LogP contribution is -2.17. The lowest BCUT2D eigenvalue weighted by molar-refractivity contribution is 0.143. The van der Waals surface area contributed by atoms with Gasteiger partial charge in [-0.1, -0.05) is 24.3 Å². The SMILES string of the molecule is CNc1ccccc1Cc1ccc2c(c1)c(=O)c(OC(=O)O)cn2CCO. The number of para-hydroxylation sites is 1. The number of benzene rings is 2. The molecule has 0 aliphatic rings. The normalized spacial score (nSPS) is 10.7. The van der Waals surface area contributed by atoms with E-state index in [4.69, 9.17) is 5.11 Å². The van der Waals surface area contributed by atoms with E-state index in [1.807, 2.05) is 37.4 Å². The zero-order valence-corrected chi connectivity index (χ0v) is 14.8. The molecule has 1 aromatic heterocycles. The Morgan fingerprint density at radius 2 is 2.00 bits per heavy atom. The molecule has 140 valence electrons. The van der Waals surface area contributed by atoms with Gasteiger partial charge in [-0.05, 0) is 35.7 Å². The van der Waals surface area contributed by atoms with Crippen LogP contribution in [0.25, 0.3) is 10.9 Å². The molecule has 3 N–H and O–H groups in total. The van der Waals surface area contributed by atoms with Crippen LogP contribution < -0.4 is 15.5 Å². The summed E-state index contributed by atoms with van der Waals surface area (Å²) in [6.07, 6.45) is 0.364. The van der Waals surface area contributed by atoms with Gasteiger partial charge in [-0.25, -0.2) is 4.79 Å². The van der Waals surface area contributed by atoms with Crippen LogP contribution in [0, 0.1) is 0 Å². The molecule has 0 bridgehead atoms. The van der Waals surface area contributed by atoms with Crippen LogP contribution in [0.2, 0.25) is 0 Å². The number of anilines is 1. The van der Waals surface area contributed by atoms with Crippen molar-refractivity contribution in [1.82, 2.24) is 4.57 Å². The number of carbonyl (C=O) groups is 1. The molecule has 0 aliphatic heterocycles. The Morgan fingerprint density at radius 1 is 1.22 bits per heavy atom. The fraction of sp³-hybridized carbons (Fsp3) is 0.200. The quantitative estimate of drug-likeness (QED) is 0.579. The van der Waals surface area contributed by atoms with Gasteiger partial charge in [-0.15, -0.1) is 0 Å². The van der Waals surface area contributed by atoms with E-state index in [0.717, 1.165) is 16.8 Å². The maximum Gasteiger partial charge on any atom is 0.511 e. The Morgan fingerprint density at radius 3 is 2.70 bits per heavy atom. The third-order valence-corrected chi connectivity index (χ3v) is 4.33. The van der Waals surface area contributed by atoms with Gasteiger partial charge in [0, 0.05) is 24.7 Å². The average molecular weight is 368 g/mol. The van der Waals surface area contributed by atoms with E-state index in [1.165, 1.54) is 6.20 Å². The van der Waals surface area contributed by atoms with Gasteiger partial charge in [-0.3, -0.25) is 4.79 Å². The van der Waals surface area contributed by atoms with Crippen molar-refractivity contribution in [3.63, 3.8) is 0 Å². The summed E-state index contributed by atoms with van der Waals surface area (Å²) in [6.45, 7) is 0.0659. The molecule has 3 aromatic rings. The van der Waals surface area contributed by atoms with Crippen molar-refractivity contribution in [2.24, 2.45) is 0 Å². The van der Waals surface area contributed by atoms with Crippen LogP contribution in [-0.2, 0) is 13.0 Å². The van der Waals surface area contributed by atoms with Gasteiger partial charge in [0.15, 0.2) is 5.75 Å². The van der Waals surface area contributed by atoms with Crippen LogP contribution in [0.15, 0.2) is 53.5 Å². The van der Waals surface area contributed by atoms with Crippen LogP contribution in [0.3, 0.4) is 0 Å². The van der Waals surface area contributed by atoms with Crippen molar-refractivity contribution in [2.45, 2.75) is 13.0 Å². The number of carboxylic acid groups (broad SMARTS) is 1. The third kappa shape index (κ3) is 3.93. The van der Waals surface area contributed by atoms with Crippen LogP contribution in [0.4, 0.5) is 10.5 Å². The second-order valence-corrected chi connectivity index (χ2v) is 6.04. The minimum absolute atomic E-state index is 0.151. The standard InChI is InChI=1S/C20H20N2O5/c1-21-16-5-3-2-4-14(16)10-13-6-7-17-15(11-13)19(24)18(27-20(25)26)12-22(17)8-9-23/h2-7,11-12,21,23H,8-10H2,1H3,(H,25,26). The Bertz CT molecular complexity index is 1040. The second kappa shape index (κ2) is 7.92. The summed E-state index contributed by atoms with van der Waals surface area (Å²) < 4.78 is 6.24. The number of aliphatic hydroxyl groups excluding tert-OH is 1. The number of ether oxygens (including phenoxy) is 1. The van der Waals surface area contributed by atoms with Gasteiger partial charge in [0.1, 0.15) is 0 Å². The predicted octanol–water partition coefficient (Wildman–Crippen LogP) is 2.68. The van der Waals surface area contributed by atoms with Crippen molar-refractivity contribution in [3.05, 3.63) is 70.0 Å². The monoisotopic (exact) mass is 368 g/mol. The van der Waals surface area contributed by atoms with Crippen LogP contribution in [0.1, 0.15) is 11.1 Å². The van der Waals surface area contributed by atoms with Gasteiger partial charge >= 0.3 is 6.16 Å². The Hall–Kier alpha value is -3.32. The van der Waals surface area contributed by atoms with Gasteiger partial charge in [0.25, 0.3) is 0 Å². The number of hydrogen-bond acceptors (Lipinski definition) is 5. The van der Waals surface area contributed by atoms with Crippen LogP contribution >= 0.6 is 0 Å². The number of nitrogens with one attached hydrogen (secondary N) is 1. The van der Waals surface area contributed by atoms with Gasteiger partial charge < -0.3 is 24.8 Å². The molecular formula is C20H20N2O5. The van der Waals surface area contributed by atoms with E-state index in [2.05, 4.69) is 10.1 Å². The van der Waals surface area contributed by atoms with E-state index >= 15 is 0 Å². The first-order valence-electron chi connectivity index (χ1n) is 8.47. The highest BCUT2D eigenvalue weighted by Gasteiger charge is 2.14. The first kappa shape index (κ1) is 18.5. The lowest BCUT2D eigenvalue weighted by atomic mass is 10.0. The maximum absolute atomic E-state index is 12.7. The number of pyridine rings is 1. The average Bonchev–Trinajstić information content (AvgIpc) is 2.66. The summed E-state index contributed by atoms with van der Waals surface area (Å²) in [5.41, 5.74) is 3.10. The van der Waals surface area contributed by atoms with Crippen molar-refractivity contribution < 1.29 is 19.7 Å². The first-order valence-corrected chi connectivity index (χ1v) is 8.47. The molecular weight excluding hydrogens is 348 g/mol. The van der Waals surface area contributed by atoms with E-state index < -0.39 is 11.6 Å². The molecule has 0 saturated heterocycles. The smallest absolute Gasteiger partial charge is 0.449 e. The summed E-state index contributed by atoms with van der Waals surface area (Å²) in [7, 11) is 1.85. The molecule has 0 unspecified atom stereocenters. The summed E-state index contributed by atoms with van der Waals surface area (Å²) in [5.74, 6) is -0.281. The van der Waals surface area contributed by atoms with E-state index in [9.17, 15) is 14.7 Å². The summed E-state index contributed by atoms with van der Waals surface area (Å²) in [6, 6.07) is 13.3. The Labute approximate surface area is 155 Å². The molecule has 27 heavy (non-hydrogen) atoms. The van der Waals surface area contributed by atoms with Gasteiger partial charge in [-0.2, -0.15) is 0 Å². The minimum Gasteiger partial charge on any atom is -0.449 e. The largest absolute Gasteiger partial charge is 0.511 e. The van der Waals surface area contributed by atoms with Crippen molar-refractivity contribution >= 4 is 22.7 Å². The van der Waals surface area contributed by atoms with Gasteiger partial charge in [0.2, 0.25) is 5.43 Å². The van der Waals surface area contributed by atoms with E-state index in [0.29, 0.717) is 17.3 Å². The topological polar surface area (TPSA) is 101 Å². The number of nitrogens with zero attached hydrogens (tertiary/aromatic N) is 1. The molecule has 7 nitrogen and oxygen atoms in total. The fourth-order valence-electron chi connectivity index (χ4n) is 3.13. The number of fused-ring (bicyclic) bond motifs is 1. The Balaban J connectivity index is 2.11. The van der Waals surface area contributed by atoms with Crippen molar-refractivity contribution in [1.29, 1.82) is 0 Å². The van der Waals surface area contributed by atoms with Crippen molar-refractivity contribution in [2.75, 3.05) is 19.0 Å². The molecule has 0 saturated carbocycles. The molecule has 0 radical (unpaired) electrons. The number of rotatable bonds is 6. The predicted molar refractivity (Wildman–Crippen MR) is 103 cm³/mol. The first-order chi connectivity index (χ1) is 13.0. The van der Waals surface area contributed by atoms with E-state index in [-0.39, 0.29) is 18.9 Å². The zero-order chi connectivity index (χ0) is 19.4. The van der Waals surface area contributed by atoms with E-state index in [1.54, 1.807) is 16.7 Å². The zero-order valence-electron chi connectivity index (χ0n) is 14.8. The Kier molecular flexibility index (Phi) is 5.42. The lowest BCUT2D eigenvalue weighted by Gasteiger charge is -2.13. The minimum atomic E-state index is -1.55. The van der Waals surface area contributed by atoms with Crippen LogP contribution in [-0.4, -0.2) is 34.6 Å². The van der Waals surface area contributed by atoms with Crippen molar-refractivity contribution in [3.8, 4) is 5.75 Å². The molecule has 3 rings (SSSR count). The second-order valence-electron chi connectivity index (χ2n) is 6.04. The van der Waals surface area contributed by atoms with Gasteiger partial charge in [0.05, 0.1) is 18.3 Å². The highest BCUT2D eigenvalue weighted by molar-refractivity contribution is 5.82. The number of hydrogen-bond donors (Lipinski definition) is 3. The number of aliphatic hydroxyl groups is 1. The molecule has 0 atom stereocenters.